The third-order valence-electron chi connectivity index (χ3n) is 1.66. The highest BCUT2D eigenvalue weighted by molar-refractivity contribution is 5.71. The van der Waals surface area contributed by atoms with Crippen LogP contribution in [-0.4, -0.2) is 16.3 Å². The zero-order valence-corrected chi connectivity index (χ0v) is 9.35. The van der Waals surface area contributed by atoms with Crippen LogP contribution in [-0.2, 0) is 4.74 Å². The maximum absolute atomic E-state index is 11.6. The van der Waals surface area contributed by atoms with E-state index < -0.39 is 17.3 Å². The van der Waals surface area contributed by atoms with Gasteiger partial charge in [0.2, 0.25) is 0 Å². The molecule has 1 aromatic rings. The van der Waals surface area contributed by atoms with Crippen molar-refractivity contribution in [3.63, 3.8) is 0 Å². The van der Waals surface area contributed by atoms with Gasteiger partial charge in [0.25, 0.3) is 5.56 Å². The lowest BCUT2D eigenvalue weighted by molar-refractivity contribution is 0.0530. The first-order valence-corrected chi connectivity index (χ1v) is 4.70. The number of nitrogens with zero attached hydrogens (tertiary/aromatic N) is 2. The average molecular weight is 220 g/mol. The molecule has 0 amide bonds. The molecule has 0 aliphatic heterocycles. The number of ether oxygens (including phenoxy) is 1. The first kappa shape index (κ1) is 12.0. The Labute approximate surface area is 92.9 Å². The van der Waals surface area contributed by atoms with Gasteiger partial charge in [-0.05, 0) is 32.9 Å². The highest BCUT2D eigenvalue weighted by Crippen LogP contribution is 2.07. The number of carbonyl (C=O) groups is 1. The Kier molecular flexibility index (Phi) is 3.14. The van der Waals surface area contributed by atoms with E-state index in [0.717, 1.165) is 4.57 Å². The first-order valence-electron chi connectivity index (χ1n) is 4.70. The predicted octanol–water partition coefficient (Wildman–Crippen LogP) is 1.50. The van der Waals surface area contributed by atoms with Gasteiger partial charge in [-0.3, -0.25) is 4.79 Å². The van der Waals surface area contributed by atoms with Crippen LogP contribution in [0.1, 0.15) is 26.3 Å². The number of hydrogen-bond donors (Lipinski definition) is 0. The van der Waals surface area contributed by atoms with E-state index in [0.29, 0.717) is 0 Å². The van der Waals surface area contributed by atoms with Crippen molar-refractivity contribution in [2.45, 2.75) is 26.4 Å². The molecule has 0 bridgehead atoms. The lowest BCUT2D eigenvalue weighted by atomic mass is 10.2. The molecule has 5 nitrogen and oxygen atoms in total. The second-order valence-electron chi connectivity index (χ2n) is 4.19. The number of pyridine rings is 1. The van der Waals surface area contributed by atoms with Gasteiger partial charge in [-0.2, -0.15) is 5.26 Å². The van der Waals surface area contributed by atoms with E-state index in [1.165, 1.54) is 18.3 Å². The van der Waals surface area contributed by atoms with Crippen LogP contribution < -0.4 is 5.56 Å². The molecule has 0 unspecified atom stereocenters. The third-order valence-corrected chi connectivity index (χ3v) is 1.66. The van der Waals surface area contributed by atoms with Crippen molar-refractivity contribution in [3.05, 3.63) is 34.2 Å². The van der Waals surface area contributed by atoms with Crippen molar-refractivity contribution >= 4 is 6.09 Å². The summed E-state index contributed by atoms with van der Waals surface area (Å²) in [6.45, 7) is 5.10. The number of aromatic nitrogens is 1. The molecule has 0 aromatic carbocycles. The van der Waals surface area contributed by atoms with Crippen molar-refractivity contribution in [2.75, 3.05) is 0 Å². The van der Waals surface area contributed by atoms with Gasteiger partial charge in [0.05, 0.1) is 0 Å². The van der Waals surface area contributed by atoms with Crippen LogP contribution in [0.15, 0.2) is 23.1 Å². The second kappa shape index (κ2) is 4.19. The molecule has 0 N–H and O–H groups in total. The van der Waals surface area contributed by atoms with Gasteiger partial charge in [0.1, 0.15) is 17.2 Å². The van der Waals surface area contributed by atoms with Gasteiger partial charge in [-0.25, -0.2) is 9.36 Å². The standard InChI is InChI=1S/C11H12N2O3/c1-11(2,3)16-10(15)13-6-4-5-8(7-12)9(13)14/h4-6H,1-3H3. The van der Waals surface area contributed by atoms with E-state index in [1.807, 2.05) is 0 Å². The lowest BCUT2D eigenvalue weighted by Gasteiger charge is -2.19. The summed E-state index contributed by atoms with van der Waals surface area (Å²) in [6, 6.07) is 4.51. The van der Waals surface area contributed by atoms with Crippen molar-refractivity contribution < 1.29 is 9.53 Å². The van der Waals surface area contributed by atoms with Crippen molar-refractivity contribution in [1.82, 2.24) is 4.57 Å². The van der Waals surface area contributed by atoms with Crippen LogP contribution in [0, 0.1) is 11.3 Å². The number of carbonyl (C=O) groups excluding carboxylic acids is 1. The second-order valence-corrected chi connectivity index (χ2v) is 4.19. The minimum atomic E-state index is -0.783. The van der Waals surface area contributed by atoms with Crippen molar-refractivity contribution in [2.24, 2.45) is 0 Å². The van der Waals surface area contributed by atoms with Crippen LogP contribution in [0.4, 0.5) is 4.79 Å². The molecule has 16 heavy (non-hydrogen) atoms. The normalized spacial score (nSPS) is 10.6. The summed E-state index contributed by atoms with van der Waals surface area (Å²) < 4.78 is 5.80. The van der Waals surface area contributed by atoms with Gasteiger partial charge in [-0.15, -0.1) is 0 Å². The number of rotatable bonds is 0. The molecular formula is C11H12N2O3. The van der Waals surface area contributed by atoms with Gasteiger partial charge in [0.15, 0.2) is 0 Å². The first-order chi connectivity index (χ1) is 7.35. The zero-order valence-electron chi connectivity index (χ0n) is 9.35. The maximum Gasteiger partial charge on any atom is 0.421 e. The molecule has 84 valence electrons. The molecule has 0 atom stereocenters. The number of nitriles is 1. The van der Waals surface area contributed by atoms with Gasteiger partial charge in [-0.1, -0.05) is 0 Å². The van der Waals surface area contributed by atoms with Crippen LogP contribution in [0.3, 0.4) is 0 Å². The van der Waals surface area contributed by atoms with Crippen LogP contribution in [0.5, 0.6) is 0 Å². The summed E-state index contributed by atoms with van der Waals surface area (Å²) in [7, 11) is 0. The Bertz CT molecular complexity index is 503. The quantitative estimate of drug-likeness (QED) is 0.664. The average Bonchev–Trinajstić information content (AvgIpc) is 2.15. The Hall–Kier alpha value is -2.09. The van der Waals surface area contributed by atoms with E-state index in [4.69, 9.17) is 10.00 Å². The molecule has 0 spiro atoms. The highest BCUT2D eigenvalue weighted by Gasteiger charge is 2.19. The van der Waals surface area contributed by atoms with Gasteiger partial charge in [0, 0.05) is 6.20 Å². The van der Waals surface area contributed by atoms with E-state index in [9.17, 15) is 9.59 Å². The Morgan fingerprint density at radius 1 is 1.50 bits per heavy atom. The molecule has 5 heteroatoms. The molecule has 0 aliphatic rings. The molecule has 1 aromatic heterocycles. The third kappa shape index (κ3) is 2.70. The molecule has 0 radical (unpaired) electrons. The van der Waals surface area contributed by atoms with Gasteiger partial charge < -0.3 is 4.74 Å². The smallest absolute Gasteiger partial charge is 0.421 e. The van der Waals surface area contributed by atoms with Crippen LogP contribution in [0.2, 0.25) is 0 Å². The summed E-state index contributed by atoms with van der Waals surface area (Å²) in [6.07, 6.45) is 0.492. The topological polar surface area (TPSA) is 72.1 Å². The SMILES string of the molecule is CC(C)(C)OC(=O)n1cccc(C#N)c1=O. The van der Waals surface area contributed by atoms with E-state index in [2.05, 4.69) is 0 Å². The summed E-state index contributed by atoms with van der Waals surface area (Å²) >= 11 is 0. The summed E-state index contributed by atoms with van der Waals surface area (Å²) in [5.41, 5.74) is -1.44. The fraction of sp³-hybridized carbons (Fsp3) is 0.364. The minimum Gasteiger partial charge on any atom is -0.443 e. The van der Waals surface area contributed by atoms with E-state index >= 15 is 0 Å². The maximum atomic E-state index is 11.6. The molecule has 0 fully saturated rings. The van der Waals surface area contributed by atoms with E-state index in [1.54, 1.807) is 26.8 Å². The van der Waals surface area contributed by atoms with Crippen LogP contribution >= 0.6 is 0 Å². The zero-order chi connectivity index (χ0) is 12.3. The van der Waals surface area contributed by atoms with Crippen LogP contribution in [0.25, 0.3) is 0 Å². The summed E-state index contributed by atoms with van der Waals surface area (Å²) in [5.74, 6) is 0. The fourth-order valence-corrected chi connectivity index (χ4v) is 1.03. The molecule has 1 rings (SSSR count). The Balaban J connectivity index is 3.12. The molecular weight excluding hydrogens is 208 g/mol. The molecule has 0 saturated heterocycles. The molecule has 0 saturated carbocycles. The number of hydrogen-bond acceptors (Lipinski definition) is 4. The monoisotopic (exact) mass is 220 g/mol. The largest absolute Gasteiger partial charge is 0.443 e. The van der Waals surface area contributed by atoms with Gasteiger partial charge >= 0.3 is 6.09 Å². The van der Waals surface area contributed by atoms with Crippen molar-refractivity contribution in [1.29, 1.82) is 5.26 Å². The predicted molar refractivity (Wildman–Crippen MR) is 57.0 cm³/mol. The summed E-state index contributed by atoms with van der Waals surface area (Å²) in [5, 5.41) is 8.64. The Morgan fingerprint density at radius 3 is 2.62 bits per heavy atom. The minimum absolute atomic E-state index is 0.0895. The summed E-state index contributed by atoms with van der Waals surface area (Å²) in [4.78, 5) is 23.1. The molecule has 0 aliphatic carbocycles. The fourth-order valence-electron chi connectivity index (χ4n) is 1.03. The van der Waals surface area contributed by atoms with Crippen molar-refractivity contribution in [3.8, 4) is 6.07 Å². The molecule has 1 heterocycles. The lowest BCUT2D eigenvalue weighted by Crippen LogP contribution is -2.34. The van der Waals surface area contributed by atoms with E-state index in [-0.39, 0.29) is 5.56 Å². The highest BCUT2D eigenvalue weighted by atomic mass is 16.6. The Morgan fingerprint density at radius 2 is 2.12 bits per heavy atom.